The van der Waals surface area contributed by atoms with Crippen molar-refractivity contribution in [2.45, 2.75) is 24.9 Å². The van der Waals surface area contributed by atoms with Gasteiger partial charge in [0.2, 0.25) is 5.13 Å². The van der Waals surface area contributed by atoms with E-state index in [1.165, 1.54) is 0 Å². The molecule has 0 fully saturated rings. The van der Waals surface area contributed by atoms with Crippen LogP contribution in [0.15, 0.2) is 22.8 Å². The van der Waals surface area contributed by atoms with Crippen LogP contribution in [0.25, 0.3) is 0 Å². The molecule has 0 saturated heterocycles. The molecule has 0 radical (unpaired) electrons. The topological polar surface area (TPSA) is 51.0 Å². The van der Waals surface area contributed by atoms with Gasteiger partial charge in [0.05, 0.1) is 12.0 Å². The van der Waals surface area contributed by atoms with Crippen molar-refractivity contribution in [3.05, 3.63) is 29.2 Å². The Labute approximate surface area is 109 Å². The zero-order chi connectivity index (χ0) is 11.9. The molecule has 2 aromatic heterocycles. The van der Waals surface area contributed by atoms with E-state index in [0.29, 0.717) is 0 Å². The van der Waals surface area contributed by atoms with Gasteiger partial charge < -0.3 is 9.73 Å². The van der Waals surface area contributed by atoms with Gasteiger partial charge in [0, 0.05) is 12.3 Å². The number of nitrogens with zero attached hydrogens (tertiary/aromatic N) is 2. The van der Waals surface area contributed by atoms with Crippen molar-refractivity contribution in [1.82, 2.24) is 10.2 Å². The number of aromatic nitrogens is 2. The van der Waals surface area contributed by atoms with Crippen LogP contribution in [0.3, 0.4) is 0 Å². The van der Waals surface area contributed by atoms with Gasteiger partial charge in [0.15, 0.2) is 0 Å². The molecule has 6 heteroatoms. The Balaban J connectivity index is 1.73. The first-order chi connectivity index (χ1) is 8.38. The number of thioether (sulfide) groups is 1. The van der Waals surface area contributed by atoms with Gasteiger partial charge in [-0.05, 0) is 18.6 Å². The fourth-order valence-electron chi connectivity index (χ4n) is 1.25. The van der Waals surface area contributed by atoms with E-state index in [0.717, 1.165) is 40.4 Å². The van der Waals surface area contributed by atoms with Gasteiger partial charge in [-0.25, -0.2) is 0 Å². The van der Waals surface area contributed by atoms with Crippen molar-refractivity contribution in [3.63, 3.8) is 0 Å². The van der Waals surface area contributed by atoms with E-state index in [2.05, 4.69) is 22.4 Å². The summed E-state index contributed by atoms with van der Waals surface area (Å²) in [6.45, 7) is 3.09. The maximum atomic E-state index is 5.26. The molecular weight excluding hydrogens is 254 g/mol. The number of hydrogen-bond donors (Lipinski definition) is 1. The molecule has 2 heterocycles. The minimum atomic E-state index is 0.879. The Morgan fingerprint density at radius 1 is 1.41 bits per heavy atom. The highest BCUT2D eigenvalue weighted by Gasteiger charge is 2.04. The molecular formula is C11H15N3OS2. The summed E-state index contributed by atoms with van der Waals surface area (Å²) in [5, 5.41) is 13.4. The Hall–Kier alpha value is -1.01. The number of rotatable bonds is 7. The van der Waals surface area contributed by atoms with E-state index in [1.807, 2.05) is 12.1 Å². The number of furan rings is 1. The van der Waals surface area contributed by atoms with Crippen LogP contribution in [-0.2, 0) is 11.5 Å². The van der Waals surface area contributed by atoms with Gasteiger partial charge in [0.1, 0.15) is 10.8 Å². The molecule has 0 bridgehead atoms. The first-order valence-corrected chi connectivity index (χ1v) is 7.52. The van der Waals surface area contributed by atoms with Crippen LogP contribution in [0.4, 0.5) is 5.13 Å². The van der Waals surface area contributed by atoms with Gasteiger partial charge in [-0.2, -0.15) is 0 Å². The smallest absolute Gasteiger partial charge is 0.205 e. The molecule has 0 amide bonds. The highest BCUT2D eigenvalue weighted by molar-refractivity contribution is 7.97. The van der Waals surface area contributed by atoms with Crippen LogP contribution in [0, 0.1) is 0 Å². The maximum absolute atomic E-state index is 5.26. The van der Waals surface area contributed by atoms with Gasteiger partial charge in [-0.3, -0.25) is 0 Å². The zero-order valence-electron chi connectivity index (χ0n) is 9.68. The van der Waals surface area contributed by atoms with E-state index in [4.69, 9.17) is 4.42 Å². The van der Waals surface area contributed by atoms with Crippen LogP contribution < -0.4 is 5.32 Å². The van der Waals surface area contributed by atoms with E-state index in [1.54, 1.807) is 29.4 Å². The monoisotopic (exact) mass is 269 g/mol. The summed E-state index contributed by atoms with van der Waals surface area (Å²) < 4.78 is 5.26. The molecule has 4 nitrogen and oxygen atoms in total. The third-order valence-corrected chi connectivity index (χ3v) is 4.07. The normalized spacial score (nSPS) is 10.6. The van der Waals surface area contributed by atoms with Gasteiger partial charge >= 0.3 is 0 Å². The highest BCUT2D eigenvalue weighted by atomic mass is 32.2. The summed E-state index contributed by atoms with van der Waals surface area (Å²) in [6.07, 6.45) is 2.80. The fourth-order valence-corrected chi connectivity index (χ4v) is 3.00. The molecule has 2 aromatic rings. The largest absolute Gasteiger partial charge is 0.468 e. The average molecular weight is 269 g/mol. The van der Waals surface area contributed by atoms with Crippen LogP contribution in [0.2, 0.25) is 0 Å². The van der Waals surface area contributed by atoms with Crippen molar-refractivity contribution in [2.24, 2.45) is 0 Å². The second-order valence-electron chi connectivity index (χ2n) is 3.50. The number of anilines is 1. The van der Waals surface area contributed by atoms with E-state index in [-0.39, 0.29) is 0 Å². The van der Waals surface area contributed by atoms with Crippen molar-refractivity contribution >= 4 is 28.2 Å². The third kappa shape index (κ3) is 4.05. The molecule has 2 rings (SSSR count). The lowest BCUT2D eigenvalue weighted by Crippen LogP contribution is -1.98. The van der Waals surface area contributed by atoms with E-state index in [9.17, 15) is 0 Å². The van der Waals surface area contributed by atoms with Crippen molar-refractivity contribution in [2.75, 3.05) is 11.9 Å². The standard InChI is InChI=1S/C11H15N3OS2/c1-2-5-12-11-14-13-10(17-11)8-16-7-9-4-3-6-15-9/h3-4,6H,2,5,7-8H2,1H3,(H,12,14). The maximum Gasteiger partial charge on any atom is 0.205 e. The van der Waals surface area contributed by atoms with Crippen LogP contribution in [-0.4, -0.2) is 16.7 Å². The minimum absolute atomic E-state index is 0.879. The summed E-state index contributed by atoms with van der Waals surface area (Å²) in [6, 6.07) is 3.90. The summed E-state index contributed by atoms with van der Waals surface area (Å²) in [5.74, 6) is 2.76. The third-order valence-electron chi connectivity index (χ3n) is 2.04. The average Bonchev–Trinajstić information content (AvgIpc) is 2.98. The molecule has 92 valence electrons. The lowest BCUT2D eigenvalue weighted by atomic mass is 10.5. The molecule has 0 aliphatic carbocycles. The highest BCUT2D eigenvalue weighted by Crippen LogP contribution is 2.22. The number of nitrogens with one attached hydrogen (secondary N) is 1. The summed E-state index contributed by atoms with van der Waals surface area (Å²) in [4.78, 5) is 0. The number of hydrogen-bond acceptors (Lipinski definition) is 6. The van der Waals surface area contributed by atoms with Crippen LogP contribution in [0.1, 0.15) is 24.1 Å². The Kier molecular flexibility index (Phi) is 4.88. The van der Waals surface area contributed by atoms with Gasteiger partial charge in [-0.15, -0.1) is 22.0 Å². The summed E-state index contributed by atoms with van der Waals surface area (Å²) in [7, 11) is 0. The molecule has 0 saturated carbocycles. The van der Waals surface area contributed by atoms with E-state index >= 15 is 0 Å². The Morgan fingerprint density at radius 2 is 2.35 bits per heavy atom. The molecule has 0 aliphatic rings. The lowest BCUT2D eigenvalue weighted by molar-refractivity contribution is 0.530. The predicted octanol–water partition coefficient (Wildman–Crippen LogP) is 3.39. The quantitative estimate of drug-likeness (QED) is 0.835. The molecule has 1 N–H and O–H groups in total. The summed E-state index contributed by atoms with van der Waals surface area (Å²) >= 11 is 3.41. The Bertz CT molecular complexity index is 428. The van der Waals surface area contributed by atoms with E-state index < -0.39 is 0 Å². The van der Waals surface area contributed by atoms with Crippen LogP contribution in [0.5, 0.6) is 0 Å². The first-order valence-electron chi connectivity index (χ1n) is 5.55. The van der Waals surface area contributed by atoms with Crippen molar-refractivity contribution < 1.29 is 4.42 Å². The molecule has 0 aliphatic heterocycles. The second-order valence-corrected chi connectivity index (χ2v) is 5.55. The lowest BCUT2D eigenvalue weighted by Gasteiger charge is -1.96. The Morgan fingerprint density at radius 3 is 3.12 bits per heavy atom. The van der Waals surface area contributed by atoms with Gasteiger partial charge in [0.25, 0.3) is 0 Å². The zero-order valence-corrected chi connectivity index (χ0v) is 11.3. The molecule has 0 spiro atoms. The van der Waals surface area contributed by atoms with Crippen molar-refractivity contribution in [3.8, 4) is 0 Å². The fraction of sp³-hybridized carbons (Fsp3) is 0.455. The summed E-state index contributed by atoms with van der Waals surface area (Å²) in [5.41, 5.74) is 0. The van der Waals surface area contributed by atoms with Crippen molar-refractivity contribution in [1.29, 1.82) is 0 Å². The first kappa shape index (κ1) is 12.4. The molecule has 17 heavy (non-hydrogen) atoms. The second kappa shape index (κ2) is 6.66. The molecule has 0 unspecified atom stereocenters. The SMILES string of the molecule is CCCNc1nnc(CSCc2ccco2)s1. The molecule has 0 atom stereocenters. The van der Waals surface area contributed by atoms with Gasteiger partial charge in [-0.1, -0.05) is 18.3 Å². The minimum Gasteiger partial charge on any atom is -0.468 e. The molecule has 0 aromatic carbocycles. The van der Waals surface area contributed by atoms with Crippen LogP contribution >= 0.6 is 23.1 Å². The predicted molar refractivity (Wildman–Crippen MR) is 72.4 cm³/mol.